The maximum Gasteiger partial charge on any atom is 0.264 e. The van der Waals surface area contributed by atoms with Gasteiger partial charge in [0.15, 0.2) is 11.4 Å². The number of carbonyl (C=O) groups excluding carboxylic acids is 2. The minimum atomic E-state index is -1.86. The van der Waals surface area contributed by atoms with Crippen LogP contribution < -0.4 is 4.90 Å². The number of benzene rings is 2. The summed E-state index contributed by atoms with van der Waals surface area (Å²) < 4.78 is 0. The average molecular weight is 334 g/mol. The van der Waals surface area contributed by atoms with Gasteiger partial charge in [0.1, 0.15) is 0 Å². The molecule has 126 valence electrons. The number of nitriles is 1. The first kappa shape index (κ1) is 16.9. The highest BCUT2D eigenvalue weighted by atomic mass is 16.3. The standard InChI is InChI=1S/C20H18N2O3/c21-12-6-7-13-22-17-11-5-4-10-16(17)20(25,19(22)24)14-18(23)15-8-2-1-3-9-15/h1-5,8-11,25H,6-7,13-14H2. The normalized spacial score (nSPS) is 18.7. The number of aliphatic hydroxyl groups is 1. The van der Waals surface area contributed by atoms with Gasteiger partial charge in [-0.1, -0.05) is 48.5 Å². The largest absolute Gasteiger partial charge is 0.375 e. The molecule has 5 heteroatoms. The topological polar surface area (TPSA) is 81.4 Å². The van der Waals surface area contributed by atoms with Crippen LogP contribution in [0.3, 0.4) is 0 Å². The van der Waals surface area contributed by atoms with Gasteiger partial charge in [0.05, 0.1) is 18.2 Å². The van der Waals surface area contributed by atoms with Crippen molar-refractivity contribution in [2.45, 2.75) is 24.9 Å². The van der Waals surface area contributed by atoms with Gasteiger partial charge in [0, 0.05) is 24.1 Å². The Morgan fingerprint density at radius 1 is 1.12 bits per heavy atom. The van der Waals surface area contributed by atoms with Gasteiger partial charge in [-0.25, -0.2) is 0 Å². The Balaban J connectivity index is 1.91. The zero-order valence-corrected chi connectivity index (χ0v) is 13.7. The Morgan fingerprint density at radius 3 is 2.52 bits per heavy atom. The van der Waals surface area contributed by atoms with E-state index in [4.69, 9.17) is 5.26 Å². The second kappa shape index (κ2) is 6.88. The van der Waals surface area contributed by atoms with Gasteiger partial charge in [-0.05, 0) is 12.5 Å². The van der Waals surface area contributed by atoms with E-state index in [0.29, 0.717) is 36.2 Å². The summed E-state index contributed by atoms with van der Waals surface area (Å²) in [5, 5.41) is 19.8. The van der Waals surface area contributed by atoms with Crippen molar-refractivity contribution >= 4 is 17.4 Å². The maximum absolute atomic E-state index is 12.9. The number of hydrogen-bond acceptors (Lipinski definition) is 4. The van der Waals surface area contributed by atoms with Crippen LogP contribution in [0.15, 0.2) is 54.6 Å². The molecule has 3 rings (SSSR count). The molecule has 0 spiro atoms. The number of hydrogen-bond donors (Lipinski definition) is 1. The first-order valence-electron chi connectivity index (χ1n) is 8.17. The van der Waals surface area contributed by atoms with E-state index < -0.39 is 11.5 Å². The molecule has 2 aromatic rings. The van der Waals surface area contributed by atoms with Crippen molar-refractivity contribution in [3.63, 3.8) is 0 Å². The number of anilines is 1. The number of amides is 1. The predicted molar refractivity (Wildman–Crippen MR) is 92.9 cm³/mol. The van der Waals surface area contributed by atoms with E-state index in [9.17, 15) is 14.7 Å². The van der Waals surface area contributed by atoms with Gasteiger partial charge in [-0.15, -0.1) is 0 Å². The van der Waals surface area contributed by atoms with Crippen molar-refractivity contribution in [3.05, 3.63) is 65.7 Å². The van der Waals surface area contributed by atoms with Crippen LogP contribution in [0.25, 0.3) is 0 Å². The fourth-order valence-corrected chi connectivity index (χ4v) is 3.17. The Bertz CT molecular complexity index is 842. The molecule has 1 amide bonds. The molecule has 1 atom stereocenters. The zero-order valence-electron chi connectivity index (χ0n) is 13.7. The summed E-state index contributed by atoms with van der Waals surface area (Å²) in [4.78, 5) is 26.9. The number of para-hydroxylation sites is 1. The van der Waals surface area contributed by atoms with Crippen LogP contribution in [0.5, 0.6) is 0 Å². The summed E-state index contributed by atoms with van der Waals surface area (Å²) in [5.41, 5.74) is -0.352. The SMILES string of the molecule is N#CCCCN1C(=O)C(O)(CC(=O)c2ccccc2)c2ccccc21. The lowest BCUT2D eigenvalue weighted by Crippen LogP contribution is -2.42. The van der Waals surface area contributed by atoms with Crippen molar-refractivity contribution in [1.82, 2.24) is 0 Å². The first-order valence-corrected chi connectivity index (χ1v) is 8.17. The smallest absolute Gasteiger partial charge is 0.264 e. The van der Waals surface area contributed by atoms with Gasteiger partial charge in [-0.3, -0.25) is 9.59 Å². The van der Waals surface area contributed by atoms with E-state index in [0.717, 1.165) is 0 Å². The van der Waals surface area contributed by atoms with Crippen LogP contribution in [0, 0.1) is 11.3 Å². The summed E-state index contributed by atoms with van der Waals surface area (Å²) in [6.45, 7) is 0.339. The monoisotopic (exact) mass is 334 g/mol. The van der Waals surface area contributed by atoms with Crippen LogP contribution in [0.2, 0.25) is 0 Å². The lowest BCUT2D eigenvalue weighted by Gasteiger charge is -2.22. The van der Waals surface area contributed by atoms with Crippen LogP contribution in [-0.4, -0.2) is 23.3 Å². The van der Waals surface area contributed by atoms with Crippen LogP contribution in [0.4, 0.5) is 5.69 Å². The summed E-state index contributed by atoms with van der Waals surface area (Å²) in [6, 6.07) is 17.6. The minimum Gasteiger partial charge on any atom is -0.375 e. The van der Waals surface area contributed by atoms with E-state index in [2.05, 4.69) is 6.07 Å². The Labute approximate surface area is 146 Å². The van der Waals surface area contributed by atoms with E-state index in [-0.39, 0.29) is 12.2 Å². The van der Waals surface area contributed by atoms with E-state index in [1.54, 1.807) is 54.6 Å². The molecule has 1 aliphatic rings. The molecule has 0 aliphatic carbocycles. The van der Waals surface area contributed by atoms with Gasteiger partial charge >= 0.3 is 0 Å². The van der Waals surface area contributed by atoms with Crippen molar-refractivity contribution < 1.29 is 14.7 Å². The third-order valence-corrected chi connectivity index (χ3v) is 4.42. The molecule has 0 saturated heterocycles. The first-order chi connectivity index (χ1) is 12.1. The fourth-order valence-electron chi connectivity index (χ4n) is 3.17. The maximum atomic E-state index is 12.9. The quantitative estimate of drug-likeness (QED) is 0.650. The Morgan fingerprint density at radius 2 is 1.80 bits per heavy atom. The van der Waals surface area contributed by atoms with Crippen LogP contribution >= 0.6 is 0 Å². The number of rotatable bonds is 6. The lowest BCUT2D eigenvalue weighted by atomic mass is 9.88. The molecule has 1 N–H and O–H groups in total. The second-order valence-corrected chi connectivity index (χ2v) is 6.06. The second-order valence-electron chi connectivity index (χ2n) is 6.06. The molecule has 0 aromatic heterocycles. The number of carbonyl (C=O) groups is 2. The van der Waals surface area contributed by atoms with Crippen molar-refractivity contribution in [2.24, 2.45) is 0 Å². The number of Topliss-reactive ketones (excluding diaryl/α,β-unsaturated/α-hetero) is 1. The highest BCUT2D eigenvalue weighted by Crippen LogP contribution is 2.42. The Kier molecular flexibility index (Phi) is 4.64. The molecule has 1 aliphatic heterocycles. The van der Waals surface area contributed by atoms with E-state index >= 15 is 0 Å². The van der Waals surface area contributed by atoms with E-state index in [1.807, 2.05) is 0 Å². The molecular weight excluding hydrogens is 316 g/mol. The molecule has 5 nitrogen and oxygen atoms in total. The fraction of sp³-hybridized carbons (Fsp3) is 0.250. The third kappa shape index (κ3) is 3.04. The molecular formula is C20H18N2O3. The molecule has 0 saturated carbocycles. The molecule has 1 heterocycles. The number of fused-ring (bicyclic) bond motifs is 1. The molecule has 0 bridgehead atoms. The highest BCUT2D eigenvalue weighted by molar-refractivity contribution is 6.10. The molecule has 2 aromatic carbocycles. The minimum absolute atomic E-state index is 0.287. The number of nitrogens with zero attached hydrogens (tertiary/aromatic N) is 2. The summed E-state index contributed by atoms with van der Waals surface area (Å²) in [5.74, 6) is -0.791. The molecule has 0 radical (unpaired) electrons. The molecule has 0 fully saturated rings. The summed E-state index contributed by atoms with van der Waals surface area (Å²) in [6.07, 6.45) is 0.536. The van der Waals surface area contributed by atoms with Crippen LogP contribution in [0.1, 0.15) is 35.2 Å². The third-order valence-electron chi connectivity index (χ3n) is 4.42. The summed E-state index contributed by atoms with van der Waals surface area (Å²) >= 11 is 0. The van der Waals surface area contributed by atoms with Gasteiger partial charge in [-0.2, -0.15) is 5.26 Å². The van der Waals surface area contributed by atoms with Crippen molar-refractivity contribution in [3.8, 4) is 6.07 Å². The van der Waals surface area contributed by atoms with Crippen LogP contribution in [-0.2, 0) is 10.4 Å². The summed E-state index contributed by atoms with van der Waals surface area (Å²) in [7, 11) is 0. The zero-order chi connectivity index (χ0) is 17.9. The molecule has 1 unspecified atom stereocenters. The lowest BCUT2D eigenvalue weighted by molar-refractivity contribution is -0.135. The number of ketones is 1. The Hall–Kier alpha value is -2.97. The number of unbranched alkanes of at least 4 members (excludes halogenated alkanes) is 1. The van der Waals surface area contributed by atoms with Gasteiger partial charge in [0.25, 0.3) is 5.91 Å². The predicted octanol–water partition coefficient (Wildman–Crippen LogP) is 2.80. The average Bonchev–Trinajstić information content (AvgIpc) is 2.85. The van der Waals surface area contributed by atoms with E-state index in [1.165, 1.54) is 4.90 Å². The van der Waals surface area contributed by atoms with Gasteiger partial charge < -0.3 is 10.0 Å². The highest BCUT2D eigenvalue weighted by Gasteiger charge is 2.50. The van der Waals surface area contributed by atoms with Gasteiger partial charge in [0.2, 0.25) is 0 Å². The van der Waals surface area contributed by atoms with Crippen molar-refractivity contribution in [2.75, 3.05) is 11.4 Å². The molecule has 25 heavy (non-hydrogen) atoms. The van der Waals surface area contributed by atoms with Crippen molar-refractivity contribution in [1.29, 1.82) is 5.26 Å².